The van der Waals surface area contributed by atoms with Gasteiger partial charge in [-0.25, -0.2) is 0 Å². The molecule has 0 saturated heterocycles. The second kappa shape index (κ2) is 4.94. The number of ketones is 1. The van der Waals surface area contributed by atoms with E-state index in [-0.39, 0.29) is 24.1 Å². The maximum absolute atomic E-state index is 11.7. The topological polar surface area (TPSA) is 43.4 Å². The first kappa shape index (κ1) is 12.8. The van der Waals surface area contributed by atoms with Crippen LogP contribution in [0.2, 0.25) is 5.02 Å². The SMILES string of the molecule is CC(=O)C1=C(C)OC(=O)C[C@@H]1c1ccc(Cl)cc1. The summed E-state index contributed by atoms with van der Waals surface area (Å²) in [6.07, 6.45) is 0.188. The second-order valence-corrected chi connectivity index (χ2v) is 4.74. The number of cyclic esters (lactones) is 1. The molecule has 1 aliphatic rings. The average Bonchev–Trinajstić information content (AvgIpc) is 2.28. The van der Waals surface area contributed by atoms with Crippen molar-refractivity contribution in [1.82, 2.24) is 0 Å². The van der Waals surface area contributed by atoms with Gasteiger partial charge >= 0.3 is 5.97 Å². The Bertz CT molecular complexity index is 528. The van der Waals surface area contributed by atoms with Crippen molar-refractivity contribution in [3.05, 3.63) is 46.2 Å². The molecule has 0 radical (unpaired) electrons. The molecule has 1 atom stereocenters. The van der Waals surface area contributed by atoms with Crippen LogP contribution < -0.4 is 0 Å². The van der Waals surface area contributed by atoms with Gasteiger partial charge in [-0.3, -0.25) is 9.59 Å². The Labute approximate surface area is 110 Å². The molecule has 0 aliphatic carbocycles. The highest BCUT2D eigenvalue weighted by Gasteiger charge is 2.31. The first-order valence-electron chi connectivity index (χ1n) is 5.67. The molecule has 1 aromatic rings. The lowest BCUT2D eigenvalue weighted by atomic mass is 9.84. The van der Waals surface area contributed by atoms with E-state index >= 15 is 0 Å². The molecule has 0 bridgehead atoms. The summed E-state index contributed by atoms with van der Waals surface area (Å²) in [5.41, 5.74) is 1.47. The number of Topliss-reactive ketones (excluding diaryl/α,β-unsaturated/α-hetero) is 1. The second-order valence-electron chi connectivity index (χ2n) is 4.31. The highest BCUT2D eigenvalue weighted by molar-refractivity contribution is 6.30. The predicted octanol–water partition coefficient (Wildman–Crippen LogP) is 3.23. The zero-order valence-electron chi connectivity index (χ0n) is 10.2. The van der Waals surface area contributed by atoms with E-state index in [1.54, 1.807) is 19.1 Å². The molecule has 0 amide bonds. The number of hydrogen-bond acceptors (Lipinski definition) is 3. The highest BCUT2D eigenvalue weighted by atomic mass is 35.5. The molecule has 1 aromatic carbocycles. The van der Waals surface area contributed by atoms with Crippen LogP contribution in [0.1, 0.15) is 31.7 Å². The van der Waals surface area contributed by atoms with Crippen LogP contribution in [0.5, 0.6) is 0 Å². The fourth-order valence-corrected chi connectivity index (χ4v) is 2.38. The summed E-state index contributed by atoms with van der Waals surface area (Å²) in [6, 6.07) is 7.18. The standard InChI is InChI=1S/C14H13ClO3/c1-8(16)14-9(2)18-13(17)7-12(14)10-3-5-11(15)6-4-10/h3-6,12H,7H2,1-2H3/t12-/m1/s1. The predicted molar refractivity (Wildman–Crippen MR) is 68.3 cm³/mol. The summed E-state index contributed by atoms with van der Waals surface area (Å²) in [6.45, 7) is 3.14. The van der Waals surface area contributed by atoms with E-state index in [1.165, 1.54) is 6.92 Å². The monoisotopic (exact) mass is 264 g/mol. The molecule has 94 valence electrons. The summed E-state index contributed by atoms with van der Waals surface area (Å²) in [5.74, 6) is -0.211. The largest absolute Gasteiger partial charge is 0.431 e. The summed E-state index contributed by atoms with van der Waals surface area (Å²) in [7, 11) is 0. The van der Waals surface area contributed by atoms with Gasteiger partial charge in [0.1, 0.15) is 5.76 Å². The molecule has 0 saturated carbocycles. The summed E-state index contributed by atoms with van der Waals surface area (Å²) in [5, 5.41) is 0.627. The Kier molecular flexibility index (Phi) is 3.53. The molecule has 0 fully saturated rings. The molecule has 2 rings (SSSR count). The van der Waals surface area contributed by atoms with E-state index in [4.69, 9.17) is 16.3 Å². The Hall–Kier alpha value is -1.61. The van der Waals surface area contributed by atoms with Gasteiger partial charge in [0, 0.05) is 16.5 Å². The zero-order chi connectivity index (χ0) is 13.3. The number of carbonyl (C=O) groups is 2. The van der Waals surface area contributed by atoms with Crippen molar-refractivity contribution in [2.75, 3.05) is 0 Å². The van der Waals surface area contributed by atoms with Gasteiger partial charge in [0.15, 0.2) is 5.78 Å². The van der Waals surface area contributed by atoms with Crippen molar-refractivity contribution in [3.63, 3.8) is 0 Å². The van der Waals surface area contributed by atoms with Crippen molar-refractivity contribution in [1.29, 1.82) is 0 Å². The van der Waals surface area contributed by atoms with Crippen molar-refractivity contribution >= 4 is 23.4 Å². The number of allylic oxidation sites excluding steroid dienone is 2. The maximum Gasteiger partial charge on any atom is 0.311 e. The average molecular weight is 265 g/mol. The number of ether oxygens (including phenoxy) is 1. The number of halogens is 1. The third kappa shape index (κ3) is 2.46. The smallest absolute Gasteiger partial charge is 0.311 e. The van der Waals surface area contributed by atoms with E-state index in [2.05, 4.69) is 0 Å². The number of hydrogen-bond donors (Lipinski definition) is 0. The summed E-state index contributed by atoms with van der Waals surface area (Å²) < 4.78 is 5.03. The van der Waals surface area contributed by atoms with Crippen molar-refractivity contribution < 1.29 is 14.3 Å². The molecule has 3 nitrogen and oxygen atoms in total. The molecule has 1 aliphatic heterocycles. The van der Waals surface area contributed by atoms with Crippen LogP contribution in [0.4, 0.5) is 0 Å². The molecule has 0 unspecified atom stereocenters. The molecule has 18 heavy (non-hydrogen) atoms. The molecular weight excluding hydrogens is 252 g/mol. The minimum Gasteiger partial charge on any atom is -0.431 e. The van der Waals surface area contributed by atoms with Gasteiger partial charge in [-0.15, -0.1) is 0 Å². The molecule has 0 spiro atoms. The van der Waals surface area contributed by atoms with Gasteiger partial charge in [-0.1, -0.05) is 23.7 Å². The minimum absolute atomic E-state index is 0.0695. The van der Waals surface area contributed by atoms with Crippen molar-refractivity contribution in [2.45, 2.75) is 26.2 Å². The first-order chi connectivity index (χ1) is 8.49. The normalized spacial score (nSPS) is 19.7. The lowest BCUT2D eigenvalue weighted by Gasteiger charge is -2.25. The number of benzene rings is 1. The maximum atomic E-state index is 11.7. The third-order valence-electron chi connectivity index (χ3n) is 3.02. The van der Waals surface area contributed by atoms with Gasteiger partial charge in [0.25, 0.3) is 0 Å². The fourth-order valence-electron chi connectivity index (χ4n) is 2.25. The summed E-state index contributed by atoms with van der Waals surface area (Å²) in [4.78, 5) is 23.2. The van der Waals surface area contributed by atoms with Crippen LogP contribution in [-0.4, -0.2) is 11.8 Å². The van der Waals surface area contributed by atoms with Crippen LogP contribution in [0.3, 0.4) is 0 Å². The number of rotatable bonds is 2. The molecule has 1 heterocycles. The molecule has 4 heteroatoms. The quantitative estimate of drug-likeness (QED) is 0.770. The lowest BCUT2D eigenvalue weighted by Crippen LogP contribution is -2.23. The summed E-state index contributed by atoms with van der Waals surface area (Å²) >= 11 is 5.84. The Morgan fingerprint density at radius 3 is 2.50 bits per heavy atom. The van der Waals surface area contributed by atoms with E-state index < -0.39 is 0 Å². The fraction of sp³-hybridized carbons (Fsp3) is 0.286. The van der Waals surface area contributed by atoms with Crippen LogP contribution in [0.25, 0.3) is 0 Å². The van der Waals surface area contributed by atoms with Gasteiger partial charge in [0.2, 0.25) is 0 Å². The van der Waals surface area contributed by atoms with E-state index in [0.717, 1.165) is 5.56 Å². The van der Waals surface area contributed by atoms with E-state index in [0.29, 0.717) is 16.4 Å². The Balaban J connectivity index is 2.46. The molecular formula is C14H13ClO3. The Morgan fingerprint density at radius 2 is 1.94 bits per heavy atom. The van der Waals surface area contributed by atoms with Gasteiger partial charge in [-0.05, 0) is 31.5 Å². The van der Waals surface area contributed by atoms with Crippen molar-refractivity contribution in [3.8, 4) is 0 Å². The van der Waals surface area contributed by atoms with Crippen molar-refractivity contribution in [2.24, 2.45) is 0 Å². The Morgan fingerprint density at radius 1 is 1.33 bits per heavy atom. The van der Waals surface area contributed by atoms with Gasteiger partial charge < -0.3 is 4.74 Å². The number of esters is 1. The lowest BCUT2D eigenvalue weighted by molar-refractivity contribution is -0.141. The van der Waals surface area contributed by atoms with Gasteiger partial charge in [0.05, 0.1) is 6.42 Å². The first-order valence-corrected chi connectivity index (χ1v) is 6.04. The van der Waals surface area contributed by atoms with Crippen LogP contribution in [0, 0.1) is 0 Å². The minimum atomic E-state index is -0.308. The van der Waals surface area contributed by atoms with E-state index in [1.807, 2.05) is 12.1 Å². The molecule has 0 aromatic heterocycles. The molecule has 0 N–H and O–H groups in total. The van der Waals surface area contributed by atoms with Gasteiger partial charge in [-0.2, -0.15) is 0 Å². The van der Waals surface area contributed by atoms with Crippen LogP contribution in [0.15, 0.2) is 35.6 Å². The van der Waals surface area contributed by atoms with Crippen LogP contribution in [-0.2, 0) is 14.3 Å². The zero-order valence-corrected chi connectivity index (χ0v) is 11.0. The van der Waals surface area contributed by atoms with E-state index in [9.17, 15) is 9.59 Å². The highest BCUT2D eigenvalue weighted by Crippen LogP contribution is 2.35. The third-order valence-corrected chi connectivity index (χ3v) is 3.27. The number of carbonyl (C=O) groups excluding carboxylic acids is 2. The van der Waals surface area contributed by atoms with Crippen LogP contribution >= 0.6 is 11.6 Å².